The highest BCUT2D eigenvalue weighted by atomic mass is 16.3. The number of aromatic nitrogens is 1. The summed E-state index contributed by atoms with van der Waals surface area (Å²) in [5.74, 6) is 0. The zero-order valence-corrected chi connectivity index (χ0v) is 21.1. The van der Waals surface area contributed by atoms with Crippen molar-refractivity contribution in [2.45, 2.75) is 25.8 Å². The molecule has 0 amide bonds. The molecule has 5 nitrogen and oxygen atoms in total. The molecule has 5 heteroatoms. The van der Waals surface area contributed by atoms with E-state index >= 15 is 0 Å². The van der Waals surface area contributed by atoms with Gasteiger partial charge in [0.1, 0.15) is 5.58 Å². The van der Waals surface area contributed by atoms with Crippen LogP contribution in [-0.2, 0) is 13.0 Å². The van der Waals surface area contributed by atoms with Crippen LogP contribution < -0.4 is 4.90 Å². The molecule has 0 unspecified atom stereocenters. The summed E-state index contributed by atoms with van der Waals surface area (Å²) in [5, 5.41) is 11.8. The maximum Gasteiger partial charge on any atom is 0.133 e. The lowest BCUT2D eigenvalue weighted by Crippen LogP contribution is -2.46. The van der Waals surface area contributed by atoms with Crippen LogP contribution in [0.1, 0.15) is 29.5 Å². The highest BCUT2D eigenvalue weighted by Gasteiger charge is 2.17. The molecule has 5 aromatic rings. The molecule has 0 aliphatic carbocycles. The quantitative estimate of drug-likeness (QED) is 0.236. The third-order valence-electron chi connectivity index (χ3n) is 7.63. The Morgan fingerprint density at radius 3 is 2.57 bits per heavy atom. The first-order valence-corrected chi connectivity index (χ1v) is 13.3. The first-order chi connectivity index (χ1) is 18.3. The van der Waals surface area contributed by atoms with Crippen molar-refractivity contribution in [1.82, 2.24) is 9.47 Å². The van der Waals surface area contributed by atoms with Crippen molar-refractivity contribution in [2.75, 3.05) is 37.6 Å². The smallest absolute Gasteiger partial charge is 0.133 e. The minimum atomic E-state index is 0.732. The summed E-state index contributed by atoms with van der Waals surface area (Å²) in [6.45, 7) is 6.32. The van der Waals surface area contributed by atoms with Gasteiger partial charge in [0.05, 0.1) is 17.9 Å². The van der Waals surface area contributed by atoms with Crippen LogP contribution in [-0.4, -0.2) is 42.2 Å². The Balaban J connectivity index is 1.05. The fourth-order valence-electron chi connectivity index (χ4n) is 5.58. The molecule has 0 spiro atoms. The average Bonchev–Trinajstić information content (AvgIpc) is 3.56. The van der Waals surface area contributed by atoms with Gasteiger partial charge in [-0.3, -0.25) is 4.90 Å². The monoisotopic (exact) mass is 488 g/mol. The Bertz CT molecular complexity index is 1530. The molecule has 0 bridgehead atoms. The number of anilines is 1. The van der Waals surface area contributed by atoms with Crippen LogP contribution in [0, 0.1) is 11.3 Å². The number of unbranched alkanes of at least 4 members (excludes halogenated alkanes) is 1. The molecule has 3 aromatic carbocycles. The number of benzene rings is 3. The van der Waals surface area contributed by atoms with Crippen molar-refractivity contribution in [2.24, 2.45) is 0 Å². The third-order valence-corrected chi connectivity index (χ3v) is 7.63. The van der Waals surface area contributed by atoms with Crippen molar-refractivity contribution in [3.05, 3.63) is 102 Å². The summed E-state index contributed by atoms with van der Waals surface area (Å²) < 4.78 is 7.82. The summed E-state index contributed by atoms with van der Waals surface area (Å²) >= 11 is 0. The van der Waals surface area contributed by atoms with Gasteiger partial charge in [-0.25, -0.2) is 0 Å². The van der Waals surface area contributed by atoms with Crippen LogP contribution in [0.4, 0.5) is 5.69 Å². The molecule has 1 fully saturated rings. The molecule has 37 heavy (non-hydrogen) atoms. The number of piperazine rings is 1. The van der Waals surface area contributed by atoms with Crippen molar-refractivity contribution in [3.8, 4) is 6.07 Å². The van der Waals surface area contributed by atoms with Gasteiger partial charge in [0.2, 0.25) is 0 Å². The van der Waals surface area contributed by atoms with E-state index in [1.807, 2.05) is 12.1 Å². The number of aryl methyl sites for hydroxylation is 1. The molecule has 1 aliphatic rings. The summed E-state index contributed by atoms with van der Waals surface area (Å²) in [6.07, 6.45) is 7.44. The molecule has 1 aliphatic heterocycles. The van der Waals surface area contributed by atoms with Gasteiger partial charge < -0.3 is 13.9 Å². The highest BCUT2D eigenvalue weighted by Crippen LogP contribution is 2.26. The molecule has 0 atom stereocenters. The highest BCUT2D eigenvalue weighted by molar-refractivity contribution is 5.85. The molecular weight excluding hydrogens is 456 g/mol. The number of hydrogen-bond donors (Lipinski definition) is 0. The van der Waals surface area contributed by atoms with E-state index < -0.39 is 0 Å². The second-order valence-electron chi connectivity index (χ2n) is 10.0. The molecule has 1 saturated heterocycles. The molecular formula is C32H32N4O. The number of nitrogens with zero attached hydrogens (tertiary/aromatic N) is 4. The number of hydrogen-bond acceptors (Lipinski definition) is 4. The van der Waals surface area contributed by atoms with E-state index in [-0.39, 0.29) is 0 Å². The second kappa shape index (κ2) is 10.5. The molecule has 2 aromatic heterocycles. The van der Waals surface area contributed by atoms with E-state index in [0.717, 1.165) is 63.3 Å². The first kappa shape index (κ1) is 23.4. The van der Waals surface area contributed by atoms with Crippen LogP contribution in [0.5, 0.6) is 0 Å². The van der Waals surface area contributed by atoms with E-state index in [1.54, 1.807) is 6.26 Å². The largest absolute Gasteiger partial charge is 0.464 e. The van der Waals surface area contributed by atoms with Gasteiger partial charge >= 0.3 is 0 Å². The SMILES string of the molecule is N#Cc1ccc2c(c1)c(CCCCN1CCN(c3ccc4occc4c3)CC1)cn2Cc1ccccc1. The minimum Gasteiger partial charge on any atom is -0.464 e. The van der Waals surface area contributed by atoms with Crippen LogP contribution in [0.15, 0.2) is 89.7 Å². The van der Waals surface area contributed by atoms with Gasteiger partial charge in [-0.2, -0.15) is 5.26 Å². The maximum atomic E-state index is 9.45. The lowest BCUT2D eigenvalue weighted by molar-refractivity contribution is 0.253. The fraction of sp³-hybridized carbons (Fsp3) is 0.281. The molecule has 3 heterocycles. The number of rotatable bonds is 8. The van der Waals surface area contributed by atoms with Crippen molar-refractivity contribution in [1.29, 1.82) is 5.26 Å². The summed E-state index contributed by atoms with van der Waals surface area (Å²) in [7, 11) is 0. The fourth-order valence-corrected chi connectivity index (χ4v) is 5.58. The lowest BCUT2D eigenvalue weighted by atomic mass is 10.0. The molecule has 6 rings (SSSR count). The van der Waals surface area contributed by atoms with E-state index in [2.05, 4.69) is 87.3 Å². The molecule has 0 saturated carbocycles. The van der Waals surface area contributed by atoms with Gasteiger partial charge in [0, 0.05) is 60.9 Å². The van der Waals surface area contributed by atoms with E-state index in [0.29, 0.717) is 0 Å². The zero-order valence-electron chi connectivity index (χ0n) is 21.1. The van der Waals surface area contributed by atoms with E-state index in [9.17, 15) is 5.26 Å². The van der Waals surface area contributed by atoms with Crippen molar-refractivity contribution >= 4 is 27.6 Å². The Morgan fingerprint density at radius 2 is 1.73 bits per heavy atom. The summed E-state index contributed by atoms with van der Waals surface area (Å²) in [6, 6.07) is 27.5. The normalized spacial score (nSPS) is 14.4. The number of fused-ring (bicyclic) bond motifs is 2. The number of furan rings is 1. The predicted molar refractivity (Wildman–Crippen MR) is 150 cm³/mol. The molecule has 0 N–H and O–H groups in total. The lowest BCUT2D eigenvalue weighted by Gasteiger charge is -2.36. The average molecular weight is 489 g/mol. The van der Waals surface area contributed by atoms with Gasteiger partial charge in [-0.15, -0.1) is 0 Å². The Hall–Kier alpha value is -4.01. The topological polar surface area (TPSA) is 48.3 Å². The van der Waals surface area contributed by atoms with Crippen molar-refractivity contribution in [3.63, 3.8) is 0 Å². The summed E-state index contributed by atoms with van der Waals surface area (Å²) in [5.41, 5.74) is 6.83. The van der Waals surface area contributed by atoms with Gasteiger partial charge in [0.15, 0.2) is 0 Å². The minimum absolute atomic E-state index is 0.732. The summed E-state index contributed by atoms with van der Waals surface area (Å²) in [4.78, 5) is 5.08. The maximum absolute atomic E-state index is 9.45. The number of nitriles is 1. The van der Waals surface area contributed by atoms with E-state index in [1.165, 1.54) is 39.5 Å². The van der Waals surface area contributed by atoms with Gasteiger partial charge in [-0.05, 0) is 79.4 Å². The van der Waals surface area contributed by atoms with Crippen LogP contribution in [0.25, 0.3) is 21.9 Å². The van der Waals surface area contributed by atoms with Crippen LogP contribution >= 0.6 is 0 Å². The second-order valence-corrected chi connectivity index (χ2v) is 10.0. The Labute approximate surface area is 218 Å². The van der Waals surface area contributed by atoms with E-state index in [4.69, 9.17) is 4.42 Å². The van der Waals surface area contributed by atoms with Crippen LogP contribution in [0.3, 0.4) is 0 Å². The standard InChI is InChI=1S/C32H32N4O/c33-22-26-9-11-31-30(20-26)28(24-36(31)23-25-6-2-1-3-7-25)8-4-5-14-34-15-17-35(18-16-34)29-10-12-32-27(21-29)13-19-37-32/h1-3,6-7,9-13,19-21,24H,4-5,8,14-18,23H2. The Morgan fingerprint density at radius 1 is 0.865 bits per heavy atom. The molecule has 186 valence electrons. The Kier molecular flexibility index (Phi) is 6.66. The zero-order chi connectivity index (χ0) is 25.0. The first-order valence-electron chi connectivity index (χ1n) is 13.3. The predicted octanol–water partition coefficient (Wildman–Crippen LogP) is 6.45. The van der Waals surface area contributed by atoms with Crippen molar-refractivity contribution < 1.29 is 4.42 Å². The third kappa shape index (κ3) is 5.12. The van der Waals surface area contributed by atoms with Gasteiger partial charge in [0.25, 0.3) is 0 Å². The van der Waals surface area contributed by atoms with Crippen LogP contribution in [0.2, 0.25) is 0 Å². The molecule has 0 radical (unpaired) electrons. The van der Waals surface area contributed by atoms with Gasteiger partial charge in [-0.1, -0.05) is 30.3 Å².